The lowest BCUT2D eigenvalue weighted by atomic mass is 10.2. The van der Waals surface area contributed by atoms with Crippen LogP contribution in [0.1, 0.15) is 36.2 Å². The zero-order valence-electron chi connectivity index (χ0n) is 17.7. The number of aromatic amines is 1. The largest absolute Gasteiger partial charge is 0.492 e. The molecule has 0 spiro atoms. The lowest BCUT2D eigenvalue weighted by molar-refractivity contribution is 0.102. The number of rotatable bonds is 12. The first-order valence-electron chi connectivity index (χ1n) is 10.3. The number of benzene rings is 2. The number of amides is 1. The highest BCUT2D eigenvalue weighted by atomic mass is 79.9. The normalized spacial score (nSPS) is 11.2. The molecule has 33 heavy (non-hydrogen) atoms. The van der Waals surface area contributed by atoms with Gasteiger partial charge in [0.2, 0.25) is 0 Å². The van der Waals surface area contributed by atoms with E-state index in [-0.39, 0.29) is 16.3 Å². The summed E-state index contributed by atoms with van der Waals surface area (Å²) in [5.41, 5.74) is 0.884. The number of aromatic nitrogens is 2. The Morgan fingerprint density at radius 3 is 2.48 bits per heavy atom. The number of hydrogen-bond donors (Lipinski definition) is 3. The van der Waals surface area contributed by atoms with E-state index in [1.54, 1.807) is 30.3 Å². The molecule has 0 radical (unpaired) electrons. The fourth-order valence-electron chi connectivity index (χ4n) is 2.95. The van der Waals surface area contributed by atoms with Gasteiger partial charge in [-0.2, -0.15) is 0 Å². The van der Waals surface area contributed by atoms with E-state index in [9.17, 15) is 13.2 Å². The predicted octanol–water partition coefficient (Wildman–Crippen LogP) is 5.40. The van der Waals surface area contributed by atoms with Crippen LogP contribution in [0, 0.1) is 0 Å². The summed E-state index contributed by atoms with van der Waals surface area (Å²) in [5, 5.41) is 2.66. The van der Waals surface area contributed by atoms with Crippen LogP contribution in [0.15, 0.2) is 64.4 Å². The van der Waals surface area contributed by atoms with Crippen LogP contribution in [0.3, 0.4) is 0 Å². The summed E-state index contributed by atoms with van der Waals surface area (Å²) >= 11 is 9.03. The van der Waals surface area contributed by atoms with Crippen molar-refractivity contribution in [3.05, 3.63) is 65.2 Å². The molecule has 0 aliphatic heterocycles. The molecular weight excluding hydrogens is 532 g/mol. The molecular formula is C22H24BrClN4O4S. The highest BCUT2D eigenvalue weighted by molar-refractivity contribution is 9.10. The van der Waals surface area contributed by atoms with Gasteiger partial charge < -0.3 is 15.0 Å². The van der Waals surface area contributed by atoms with Gasteiger partial charge in [-0.25, -0.2) is 13.4 Å². The summed E-state index contributed by atoms with van der Waals surface area (Å²) in [4.78, 5) is 18.9. The number of anilines is 2. The molecule has 0 bridgehead atoms. The molecule has 8 nitrogen and oxygen atoms in total. The van der Waals surface area contributed by atoms with Gasteiger partial charge in [-0.3, -0.25) is 9.52 Å². The van der Waals surface area contributed by atoms with Crippen LogP contribution in [0.25, 0.3) is 0 Å². The molecule has 2 aromatic carbocycles. The van der Waals surface area contributed by atoms with Crippen LogP contribution in [0.5, 0.6) is 5.75 Å². The Kier molecular flexibility index (Phi) is 9.16. The molecule has 1 heterocycles. The summed E-state index contributed by atoms with van der Waals surface area (Å²) in [6.07, 6.45) is 6.46. The standard InChI is InChI=1S/C22H24BrClN4O4S/c23-16-5-7-17(8-6-16)28-33(30,31)21-13-18(27-22(29)19-14-25-15-26-19)9-10-20(21)32-12-4-2-1-3-11-24/h5-10,13-15,28H,1-4,11-12H2,(H,25,26)(H,27,29). The Hall–Kier alpha value is -2.56. The first-order valence-corrected chi connectivity index (χ1v) is 13.1. The topological polar surface area (TPSA) is 113 Å². The molecule has 1 aromatic heterocycles. The van der Waals surface area contributed by atoms with E-state index >= 15 is 0 Å². The third-order valence-electron chi connectivity index (χ3n) is 4.60. The van der Waals surface area contributed by atoms with Crippen molar-refractivity contribution in [1.82, 2.24) is 9.97 Å². The number of H-pyrrole nitrogens is 1. The third-order valence-corrected chi connectivity index (χ3v) is 6.80. The maximum absolute atomic E-state index is 13.2. The first kappa shape index (κ1) is 25.1. The van der Waals surface area contributed by atoms with E-state index in [0.717, 1.165) is 30.2 Å². The van der Waals surface area contributed by atoms with Crippen LogP contribution >= 0.6 is 27.5 Å². The van der Waals surface area contributed by atoms with Crippen molar-refractivity contribution in [2.75, 3.05) is 22.5 Å². The number of nitrogens with zero attached hydrogens (tertiary/aromatic N) is 1. The molecule has 3 rings (SSSR count). The Morgan fingerprint density at radius 1 is 1.06 bits per heavy atom. The van der Waals surface area contributed by atoms with E-state index < -0.39 is 15.9 Å². The maximum Gasteiger partial charge on any atom is 0.275 e. The van der Waals surface area contributed by atoms with Crippen molar-refractivity contribution in [3.63, 3.8) is 0 Å². The Labute approximate surface area is 206 Å². The van der Waals surface area contributed by atoms with Gasteiger partial charge in [0.05, 0.1) is 12.9 Å². The summed E-state index contributed by atoms with van der Waals surface area (Å²) < 4.78 is 35.6. The van der Waals surface area contributed by atoms with Gasteiger partial charge >= 0.3 is 0 Å². The average molecular weight is 556 g/mol. The van der Waals surface area contributed by atoms with Crippen molar-refractivity contribution in [3.8, 4) is 5.75 Å². The minimum atomic E-state index is -4.00. The lowest BCUT2D eigenvalue weighted by Gasteiger charge is -2.15. The zero-order chi connectivity index (χ0) is 23.7. The zero-order valence-corrected chi connectivity index (χ0v) is 20.8. The van der Waals surface area contributed by atoms with Crippen molar-refractivity contribution >= 4 is 54.8 Å². The maximum atomic E-state index is 13.2. The van der Waals surface area contributed by atoms with Crippen molar-refractivity contribution in [2.24, 2.45) is 0 Å². The molecule has 11 heteroatoms. The van der Waals surface area contributed by atoms with Gasteiger partial charge in [0.25, 0.3) is 15.9 Å². The number of carbonyl (C=O) groups excluding carboxylic acids is 1. The predicted molar refractivity (Wildman–Crippen MR) is 133 cm³/mol. The molecule has 176 valence electrons. The Bertz CT molecular complexity index is 1160. The van der Waals surface area contributed by atoms with Crippen LogP contribution in [-0.4, -0.2) is 36.8 Å². The van der Waals surface area contributed by atoms with Crippen LogP contribution in [0.4, 0.5) is 11.4 Å². The van der Waals surface area contributed by atoms with Crippen molar-refractivity contribution in [1.29, 1.82) is 0 Å². The monoisotopic (exact) mass is 554 g/mol. The number of halogens is 2. The van der Waals surface area contributed by atoms with Crippen molar-refractivity contribution in [2.45, 2.75) is 30.6 Å². The number of imidazole rings is 1. The number of alkyl halides is 1. The fourth-order valence-corrected chi connectivity index (χ4v) is 4.64. The third kappa shape index (κ3) is 7.48. The quantitative estimate of drug-likeness (QED) is 0.204. The van der Waals surface area contributed by atoms with Crippen molar-refractivity contribution < 1.29 is 17.9 Å². The molecule has 0 saturated heterocycles. The second-order valence-corrected chi connectivity index (χ2v) is 10.1. The fraction of sp³-hybridized carbons (Fsp3) is 0.273. The summed E-state index contributed by atoms with van der Waals surface area (Å²) in [6.45, 7) is 0.363. The van der Waals surface area contributed by atoms with Gasteiger partial charge in [-0.05, 0) is 55.3 Å². The summed E-state index contributed by atoms with van der Waals surface area (Å²) in [6, 6.07) is 11.2. The van der Waals surface area contributed by atoms with E-state index in [1.165, 1.54) is 24.7 Å². The molecule has 0 saturated carbocycles. The van der Waals surface area contributed by atoms with E-state index in [2.05, 4.69) is 35.9 Å². The Morgan fingerprint density at radius 2 is 1.79 bits per heavy atom. The first-order chi connectivity index (χ1) is 15.9. The Balaban J connectivity index is 1.82. The van der Waals surface area contributed by atoms with Crippen LogP contribution in [-0.2, 0) is 10.0 Å². The minimum Gasteiger partial charge on any atom is -0.492 e. The molecule has 0 aliphatic carbocycles. The number of sulfonamides is 1. The SMILES string of the molecule is O=C(Nc1ccc(OCCCCCCCl)c(S(=O)(=O)Nc2ccc(Br)cc2)c1)c1c[nH]cn1. The van der Waals surface area contributed by atoms with Crippen LogP contribution in [0.2, 0.25) is 0 Å². The summed E-state index contributed by atoms with van der Waals surface area (Å²) in [7, 11) is -4.00. The molecule has 0 fully saturated rings. The van der Waals surface area contributed by atoms with Gasteiger partial charge in [-0.1, -0.05) is 28.8 Å². The number of carbonyl (C=O) groups is 1. The average Bonchev–Trinajstić information content (AvgIpc) is 3.33. The highest BCUT2D eigenvalue weighted by Crippen LogP contribution is 2.30. The minimum absolute atomic E-state index is 0.0778. The molecule has 0 unspecified atom stereocenters. The molecule has 3 aromatic rings. The van der Waals surface area contributed by atoms with E-state index in [4.69, 9.17) is 16.3 Å². The number of unbranched alkanes of at least 4 members (excludes halogenated alkanes) is 3. The molecule has 0 aliphatic rings. The number of ether oxygens (including phenoxy) is 1. The van der Waals surface area contributed by atoms with E-state index in [1.807, 2.05) is 0 Å². The van der Waals surface area contributed by atoms with Gasteiger partial charge in [0.1, 0.15) is 16.3 Å². The lowest BCUT2D eigenvalue weighted by Crippen LogP contribution is -2.17. The summed E-state index contributed by atoms with van der Waals surface area (Å²) in [5.74, 6) is 0.360. The molecule has 3 N–H and O–H groups in total. The smallest absolute Gasteiger partial charge is 0.275 e. The van der Waals surface area contributed by atoms with Gasteiger partial charge in [0, 0.05) is 27.9 Å². The van der Waals surface area contributed by atoms with Crippen LogP contribution < -0.4 is 14.8 Å². The second-order valence-electron chi connectivity index (χ2n) is 7.13. The number of nitrogens with one attached hydrogen (secondary N) is 3. The molecule has 1 amide bonds. The molecule has 0 atom stereocenters. The van der Waals surface area contributed by atoms with Gasteiger partial charge in [0.15, 0.2) is 0 Å². The van der Waals surface area contributed by atoms with E-state index in [0.29, 0.717) is 23.9 Å². The second kappa shape index (κ2) is 12.1. The number of hydrogen-bond acceptors (Lipinski definition) is 5. The van der Waals surface area contributed by atoms with Gasteiger partial charge in [-0.15, -0.1) is 11.6 Å². The highest BCUT2D eigenvalue weighted by Gasteiger charge is 2.22.